The van der Waals surface area contributed by atoms with Gasteiger partial charge < -0.3 is 5.32 Å². The number of aromatic nitrogens is 2. The van der Waals surface area contributed by atoms with Gasteiger partial charge in [0.15, 0.2) is 0 Å². The lowest BCUT2D eigenvalue weighted by molar-refractivity contribution is -0.117. The lowest BCUT2D eigenvalue weighted by Crippen LogP contribution is -2.14. The van der Waals surface area contributed by atoms with E-state index in [4.69, 9.17) is 6.42 Å². The highest BCUT2D eigenvalue weighted by Crippen LogP contribution is 2.38. The first-order chi connectivity index (χ1) is 6.31. The van der Waals surface area contributed by atoms with Crippen molar-refractivity contribution < 1.29 is 4.79 Å². The highest BCUT2D eigenvalue weighted by Gasteiger charge is 2.41. The van der Waals surface area contributed by atoms with Crippen LogP contribution in [0.4, 0.5) is 5.82 Å². The summed E-state index contributed by atoms with van der Waals surface area (Å²) >= 11 is 0. The van der Waals surface area contributed by atoms with Crippen LogP contribution < -0.4 is 5.32 Å². The first kappa shape index (κ1) is 7.87. The van der Waals surface area contributed by atoms with E-state index in [0.717, 1.165) is 6.42 Å². The second-order valence-electron chi connectivity index (χ2n) is 3.07. The summed E-state index contributed by atoms with van der Waals surface area (Å²) in [5, 5.41) is 9.06. The number of amides is 1. The molecule has 2 rings (SSSR count). The minimum Gasteiger partial charge on any atom is -0.311 e. The predicted molar refractivity (Wildman–Crippen MR) is 47.6 cm³/mol. The molecule has 1 aliphatic rings. The Balaban J connectivity index is 1.91. The normalized spacial score (nSPS) is 24.8. The van der Waals surface area contributed by atoms with E-state index in [1.807, 2.05) is 0 Å². The lowest BCUT2D eigenvalue weighted by Gasteiger charge is -1.98. The summed E-state index contributed by atoms with van der Waals surface area (Å²) in [7, 11) is 0. The molecule has 1 heterocycles. The number of carbonyl (C=O) groups excluding carboxylic acids is 1. The molecule has 1 amide bonds. The second kappa shape index (κ2) is 2.94. The number of carbonyl (C=O) groups is 1. The number of anilines is 1. The van der Waals surface area contributed by atoms with E-state index in [0.29, 0.717) is 5.82 Å². The molecule has 0 aromatic carbocycles. The van der Waals surface area contributed by atoms with E-state index in [-0.39, 0.29) is 17.7 Å². The fraction of sp³-hybridized carbons (Fsp3) is 0.333. The van der Waals surface area contributed by atoms with E-state index < -0.39 is 0 Å². The Bertz CT molecular complexity index is 349. The van der Waals surface area contributed by atoms with Gasteiger partial charge in [0.1, 0.15) is 5.82 Å². The number of nitrogens with zero attached hydrogens (tertiary/aromatic N) is 1. The van der Waals surface area contributed by atoms with Gasteiger partial charge in [-0.2, -0.15) is 5.10 Å². The van der Waals surface area contributed by atoms with Gasteiger partial charge in [0, 0.05) is 12.0 Å². The molecule has 4 nitrogen and oxygen atoms in total. The van der Waals surface area contributed by atoms with Gasteiger partial charge in [-0.05, 0) is 6.42 Å². The Hall–Kier alpha value is -1.76. The molecule has 0 bridgehead atoms. The van der Waals surface area contributed by atoms with Crippen molar-refractivity contribution in [3.63, 3.8) is 0 Å². The average molecular weight is 175 g/mol. The summed E-state index contributed by atoms with van der Waals surface area (Å²) in [5.74, 6) is 3.28. The van der Waals surface area contributed by atoms with Gasteiger partial charge >= 0.3 is 0 Å². The van der Waals surface area contributed by atoms with Crippen LogP contribution in [0, 0.1) is 24.2 Å². The van der Waals surface area contributed by atoms with Crippen LogP contribution in [0.1, 0.15) is 6.42 Å². The van der Waals surface area contributed by atoms with Gasteiger partial charge in [-0.25, -0.2) is 0 Å². The summed E-state index contributed by atoms with van der Waals surface area (Å²) in [4.78, 5) is 11.4. The maximum atomic E-state index is 11.4. The lowest BCUT2D eigenvalue weighted by atomic mass is 10.3. The SMILES string of the molecule is C#C[C@H]1C[C@@H]1C(=O)Nc1ccn[nH]1. The zero-order valence-corrected chi connectivity index (χ0v) is 6.95. The topological polar surface area (TPSA) is 57.8 Å². The molecule has 1 saturated carbocycles. The van der Waals surface area contributed by atoms with Gasteiger partial charge in [0.25, 0.3) is 0 Å². The molecule has 0 radical (unpaired) electrons. The van der Waals surface area contributed by atoms with Crippen molar-refractivity contribution in [1.82, 2.24) is 10.2 Å². The quantitative estimate of drug-likeness (QED) is 0.647. The molecule has 0 aliphatic heterocycles. The van der Waals surface area contributed by atoms with Crippen molar-refractivity contribution in [3.8, 4) is 12.3 Å². The Morgan fingerprint density at radius 2 is 2.69 bits per heavy atom. The predicted octanol–water partition coefficient (Wildman–Crippen LogP) is 0.617. The molecule has 66 valence electrons. The summed E-state index contributed by atoms with van der Waals surface area (Å²) in [6.07, 6.45) is 7.57. The van der Waals surface area contributed by atoms with E-state index in [2.05, 4.69) is 21.4 Å². The number of nitrogens with one attached hydrogen (secondary N) is 2. The highest BCUT2D eigenvalue weighted by atomic mass is 16.2. The molecule has 2 atom stereocenters. The van der Waals surface area contributed by atoms with Crippen molar-refractivity contribution in [1.29, 1.82) is 0 Å². The molecule has 13 heavy (non-hydrogen) atoms. The molecule has 1 fully saturated rings. The van der Waals surface area contributed by atoms with E-state index in [1.54, 1.807) is 12.3 Å². The minimum atomic E-state index is -0.0211. The number of aromatic amines is 1. The fourth-order valence-corrected chi connectivity index (χ4v) is 1.22. The molecule has 0 saturated heterocycles. The van der Waals surface area contributed by atoms with Crippen LogP contribution in [0.2, 0.25) is 0 Å². The van der Waals surface area contributed by atoms with Crippen LogP contribution in [0.15, 0.2) is 12.3 Å². The zero-order chi connectivity index (χ0) is 9.26. The second-order valence-corrected chi connectivity index (χ2v) is 3.07. The van der Waals surface area contributed by atoms with Gasteiger partial charge in [-0.15, -0.1) is 12.3 Å². The first-order valence-electron chi connectivity index (χ1n) is 4.07. The summed E-state index contributed by atoms with van der Waals surface area (Å²) in [6.45, 7) is 0. The molecule has 0 unspecified atom stereocenters. The van der Waals surface area contributed by atoms with Crippen molar-refractivity contribution >= 4 is 11.7 Å². The molecular weight excluding hydrogens is 166 g/mol. The third kappa shape index (κ3) is 1.54. The number of H-pyrrole nitrogens is 1. The van der Waals surface area contributed by atoms with Crippen LogP contribution in [-0.2, 0) is 4.79 Å². The van der Waals surface area contributed by atoms with Crippen LogP contribution in [0.3, 0.4) is 0 Å². The molecule has 1 aromatic rings. The van der Waals surface area contributed by atoms with Crippen molar-refractivity contribution in [2.45, 2.75) is 6.42 Å². The zero-order valence-electron chi connectivity index (χ0n) is 6.95. The summed E-state index contributed by atoms with van der Waals surface area (Å²) < 4.78 is 0. The van der Waals surface area contributed by atoms with Crippen LogP contribution in [0.5, 0.6) is 0 Å². The van der Waals surface area contributed by atoms with Gasteiger partial charge in [-0.1, -0.05) is 0 Å². The largest absolute Gasteiger partial charge is 0.311 e. The third-order valence-electron chi connectivity index (χ3n) is 2.10. The molecule has 2 N–H and O–H groups in total. The first-order valence-corrected chi connectivity index (χ1v) is 4.07. The number of terminal acetylenes is 1. The van der Waals surface area contributed by atoms with Crippen molar-refractivity contribution in [3.05, 3.63) is 12.3 Å². The summed E-state index contributed by atoms with van der Waals surface area (Å²) in [6, 6.07) is 1.70. The Kier molecular flexibility index (Phi) is 1.78. The maximum absolute atomic E-state index is 11.4. The van der Waals surface area contributed by atoms with Crippen LogP contribution >= 0.6 is 0 Å². The van der Waals surface area contributed by atoms with E-state index in [1.165, 1.54) is 0 Å². The molecule has 0 spiro atoms. The van der Waals surface area contributed by atoms with Gasteiger partial charge in [0.2, 0.25) is 5.91 Å². The third-order valence-corrected chi connectivity index (χ3v) is 2.10. The maximum Gasteiger partial charge on any atom is 0.229 e. The standard InChI is InChI=1S/C9H9N3O/c1-2-6-5-7(6)9(13)11-8-3-4-10-12-8/h1,3-4,6-7H,5H2,(H2,10,11,12,13)/t6-,7-/m0/s1. The van der Waals surface area contributed by atoms with Crippen LogP contribution in [0.25, 0.3) is 0 Å². The van der Waals surface area contributed by atoms with Gasteiger partial charge in [0.05, 0.1) is 12.1 Å². The fourth-order valence-electron chi connectivity index (χ4n) is 1.22. The monoisotopic (exact) mass is 175 g/mol. The molecule has 1 aliphatic carbocycles. The number of rotatable bonds is 2. The Labute approximate surface area is 75.7 Å². The van der Waals surface area contributed by atoms with E-state index in [9.17, 15) is 4.79 Å². The summed E-state index contributed by atoms with van der Waals surface area (Å²) in [5.41, 5.74) is 0. The minimum absolute atomic E-state index is 0.00620. The average Bonchev–Trinajstić information content (AvgIpc) is 2.77. The molecule has 1 aromatic heterocycles. The number of hydrogen-bond donors (Lipinski definition) is 2. The molecule has 4 heteroatoms. The van der Waals surface area contributed by atoms with Crippen molar-refractivity contribution in [2.24, 2.45) is 11.8 Å². The van der Waals surface area contributed by atoms with Crippen LogP contribution in [-0.4, -0.2) is 16.1 Å². The van der Waals surface area contributed by atoms with E-state index >= 15 is 0 Å². The Morgan fingerprint density at radius 1 is 1.85 bits per heavy atom. The van der Waals surface area contributed by atoms with Crippen molar-refractivity contribution in [2.75, 3.05) is 5.32 Å². The van der Waals surface area contributed by atoms with Gasteiger partial charge in [-0.3, -0.25) is 9.89 Å². The highest BCUT2D eigenvalue weighted by molar-refractivity contribution is 5.93. The molecular formula is C9H9N3O. The Morgan fingerprint density at radius 3 is 3.23 bits per heavy atom. The smallest absolute Gasteiger partial charge is 0.229 e. The number of hydrogen-bond acceptors (Lipinski definition) is 2.